The van der Waals surface area contributed by atoms with Crippen LogP contribution in [-0.2, 0) is 0 Å². The number of piperidine rings is 1. The molecule has 3 rings (SSSR count). The summed E-state index contributed by atoms with van der Waals surface area (Å²) >= 11 is 1.57. The third kappa shape index (κ3) is 4.94. The number of amides is 1. The van der Waals surface area contributed by atoms with Crippen LogP contribution in [0.4, 0.5) is 0 Å². The van der Waals surface area contributed by atoms with Gasteiger partial charge < -0.3 is 22.6 Å². The lowest BCUT2D eigenvalue weighted by atomic mass is 9.99. The lowest BCUT2D eigenvalue weighted by Crippen LogP contribution is -3.00. The summed E-state index contributed by atoms with van der Waals surface area (Å²) in [6, 6.07) is 8.63. The number of benzene rings is 1. The van der Waals surface area contributed by atoms with Gasteiger partial charge in [-0.1, -0.05) is 30.3 Å². The zero-order valence-corrected chi connectivity index (χ0v) is 17.3. The first-order valence-corrected chi connectivity index (χ1v) is 10.2. The highest BCUT2D eigenvalue weighted by atomic mass is 35.5. The summed E-state index contributed by atoms with van der Waals surface area (Å²) in [4.78, 5) is 31.9. The van der Waals surface area contributed by atoms with Gasteiger partial charge in [0.25, 0.3) is 5.91 Å². The summed E-state index contributed by atoms with van der Waals surface area (Å²) in [5.74, 6) is 0.262. The summed E-state index contributed by atoms with van der Waals surface area (Å²) < 4.78 is 0. The monoisotopic (exact) mass is 407 g/mol. The number of ketones is 1. The average molecular weight is 408 g/mol. The van der Waals surface area contributed by atoms with E-state index >= 15 is 0 Å². The van der Waals surface area contributed by atoms with E-state index in [1.807, 2.05) is 30.5 Å². The van der Waals surface area contributed by atoms with Crippen LogP contribution in [0.2, 0.25) is 0 Å². The number of rotatable bonds is 6. The SMILES string of the molecule is CCN(C(=O)c1csc(C2CC[NH2+]CC2)n1)C(C)C(=O)c1ccccc1.[Cl-]. The van der Waals surface area contributed by atoms with Crippen molar-refractivity contribution in [2.24, 2.45) is 0 Å². The Kier molecular flexibility index (Phi) is 7.95. The van der Waals surface area contributed by atoms with E-state index in [9.17, 15) is 9.59 Å². The summed E-state index contributed by atoms with van der Waals surface area (Å²) in [5.41, 5.74) is 1.10. The molecule has 7 heteroatoms. The van der Waals surface area contributed by atoms with Crippen LogP contribution >= 0.6 is 11.3 Å². The molecule has 2 aromatic rings. The number of Topliss-reactive ketones (excluding diaryl/α,β-unsaturated/α-hetero) is 1. The van der Waals surface area contributed by atoms with Gasteiger partial charge in [0.15, 0.2) is 5.78 Å². The summed E-state index contributed by atoms with van der Waals surface area (Å²) in [7, 11) is 0. The van der Waals surface area contributed by atoms with Gasteiger partial charge in [0, 0.05) is 36.2 Å². The fraction of sp³-hybridized carbons (Fsp3) is 0.450. The smallest absolute Gasteiger partial charge is 0.273 e. The molecule has 2 heterocycles. The first-order chi connectivity index (χ1) is 12.6. The molecule has 0 spiro atoms. The highest BCUT2D eigenvalue weighted by Crippen LogP contribution is 2.27. The summed E-state index contributed by atoms with van der Waals surface area (Å²) in [6.45, 7) is 6.41. The number of hydrogen-bond acceptors (Lipinski definition) is 4. The zero-order valence-electron chi connectivity index (χ0n) is 15.7. The minimum absolute atomic E-state index is 0. The van der Waals surface area contributed by atoms with Gasteiger partial charge in [-0.05, 0) is 13.8 Å². The molecule has 5 nitrogen and oxygen atoms in total. The Bertz CT molecular complexity index is 760. The van der Waals surface area contributed by atoms with Crippen molar-refractivity contribution < 1.29 is 27.3 Å². The summed E-state index contributed by atoms with van der Waals surface area (Å²) in [6.07, 6.45) is 2.23. The lowest BCUT2D eigenvalue weighted by molar-refractivity contribution is -0.663. The maximum Gasteiger partial charge on any atom is 0.273 e. The number of likely N-dealkylation sites (N-methyl/N-ethyl adjacent to an activating group) is 1. The molecule has 1 saturated heterocycles. The second-order valence-corrected chi connectivity index (χ2v) is 7.60. The lowest BCUT2D eigenvalue weighted by Gasteiger charge is -2.26. The Morgan fingerprint density at radius 1 is 1.26 bits per heavy atom. The standard InChI is InChI=1S/C20H25N3O2S.ClH/c1-3-23(14(2)18(24)15-7-5-4-6-8-15)20(25)17-13-26-19(22-17)16-9-11-21-12-10-16;/h4-8,13-14,16,21H,3,9-12H2,1-2H3;1H. The van der Waals surface area contributed by atoms with Crippen molar-refractivity contribution in [1.82, 2.24) is 9.88 Å². The molecule has 1 unspecified atom stereocenters. The van der Waals surface area contributed by atoms with E-state index in [4.69, 9.17) is 0 Å². The fourth-order valence-electron chi connectivity index (χ4n) is 3.47. The normalized spacial score (nSPS) is 15.6. The molecular weight excluding hydrogens is 382 g/mol. The van der Waals surface area contributed by atoms with Crippen LogP contribution in [0.5, 0.6) is 0 Å². The van der Waals surface area contributed by atoms with Crippen LogP contribution in [-0.4, -0.2) is 47.3 Å². The van der Waals surface area contributed by atoms with Crippen LogP contribution in [0.1, 0.15) is 58.5 Å². The van der Waals surface area contributed by atoms with Crippen LogP contribution in [0.3, 0.4) is 0 Å². The number of aromatic nitrogens is 1. The predicted molar refractivity (Wildman–Crippen MR) is 103 cm³/mol. The van der Waals surface area contributed by atoms with Crippen LogP contribution in [0.25, 0.3) is 0 Å². The van der Waals surface area contributed by atoms with E-state index in [0.717, 1.165) is 30.9 Å². The van der Waals surface area contributed by atoms with Crippen molar-refractivity contribution in [3.05, 3.63) is 52.0 Å². The van der Waals surface area contributed by atoms with E-state index < -0.39 is 6.04 Å². The zero-order chi connectivity index (χ0) is 18.5. The number of halogens is 1. The molecule has 146 valence electrons. The van der Waals surface area contributed by atoms with Gasteiger partial charge in [0.1, 0.15) is 5.69 Å². The molecule has 0 radical (unpaired) electrons. The van der Waals surface area contributed by atoms with Gasteiger partial charge in [0.2, 0.25) is 0 Å². The van der Waals surface area contributed by atoms with Crippen molar-refractivity contribution in [3.8, 4) is 0 Å². The van der Waals surface area contributed by atoms with Crippen molar-refractivity contribution in [2.45, 2.75) is 38.6 Å². The fourth-order valence-corrected chi connectivity index (χ4v) is 4.44. The molecule has 0 aliphatic carbocycles. The Labute approximate surface area is 170 Å². The Morgan fingerprint density at radius 2 is 1.93 bits per heavy atom. The molecule has 1 fully saturated rings. The molecule has 1 aliphatic rings. The van der Waals surface area contributed by atoms with Gasteiger partial charge in [-0.2, -0.15) is 0 Å². The van der Waals surface area contributed by atoms with Crippen molar-refractivity contribution in [3.63, 3.8) is 0 Å². The van der Waals surface area contributed by atoms with E-state index in [2.05, 4.69) is 10.3 Å². The molecule has 1 aromatic heterocycles. The quantitative estimate of drug-likeness (QED) is 0.645. The first-order valence-electron chi connectivity index (χ1n) is 9.29. The molecule has 1 atom stereocenters. The number of quaternary nitrogens is 1. The van der Waals surface area contributed by atoms with Gasteiger partial charge >= 0.3 is 0 Å². The number of nitrogens with two attached hydrogens (primary N) is 1. The van der Waals surface area contributed by atoms with E-state index in [1.165, 1.54) is 0 Å². The predicted octanol–water partition coefficient (Wildman–Crippen LogP) is -0.679. The van der Waals surface area contributed by atoms with E-state index in [-0.39, 0.29) is 24.1 Å². The molecule has 1 amide bonds. The number of nitrogens with zero attached hydrogens (tertiary/aromatic N) is 2. The van der Waals surface area contributed by atoms with Gasteiger partial charge in [-0.15, -0.1) is 11.3 Å². The Balaban J connectivity index is 0.00000261. The van der Waals surface area contributed by atoms with Crippen LogP contribution in [0.15, 0.2) is 35.7 Å². The van der Waals surface area contributed by atoms with Crippen molar-refractivity contribution >= 4 is 23.0 Å². The minimum Gasteiger partial charge on any atom is -1.00 e. The van der Waals surface area contributed by atoms with Crippen molar-refractivity contribution in [1.29, 1.82) is 0 Å². The van der Waals surface area contributed by atoms with E-state index in [1.54, 1.807) is 35.3 Å². The number of carbonyl (C=O) groups is 2. The number of hydrogen-bond donors (Lipinski definition) is 1. The molecule has 1 aliphatic heterocycles. The maximum absolute atomic E-state index is 13.0. The Morgan fingerprint density at radius 3 is 2.56 bits per heavy atom. The molecule has 1 aromatic carbocycles. The van der Waals surface area contributed by atoms with Crippen LogP contribution in [0, 0.1) is 0 Å². The van der Waals surface area contributed by atoms with Crippen LogP contribution < -0.4 is 17.7 Å². The highest BCUT2D eigenvalue weighted by molar-refractivity contribution is 7.09. The molecule has 2 N–H and O–H groups in total. The van der Waals surface area contributed by atoms with Gasteiger partial charge in [-0.25, -0.2) is 4.98 Å². The second kappa shape index (κ2) is 9.97. The summed E-state index contributed by atoms with van der Waals surface area (Å²) in [5, 5.41) is 5.23. The van der Waals surface area contributed by atoms with Crippen molar-refractivity contribution in [2.75, 3.05) is 19.6 Å². The first kappa shape index (κ1) is 21.5. The van der Waals surface area contributed by atoms with Gasteiger partial charge in [0.05, 0.1) is 24.1 Å². The topological polar surface area (TPSA) is 66.9 Å². The number of carbonyl (C=O) groups excluding carboxylic acids is 2. The second-order valence-electron chi connectivity index (χ2n) is 6.71. The van der Waals surface area contributed by atoms with E-state index in [0.29, 0.717) is 23.7 Å². The van der Waals surface area contributed by atoms with Gasteiger partial charge in [-0.3, -0.25) is 9.59 Å². The average Bonchev–Trinajstić information content (AvgIpc) is 3.19. The molecule has 0 bridgehead atoms. The molecular formula is C20H26ClN3O2S. The Hall–Kier alpha value is -1.76. The molecule has 0 saturated carbocycles. The maximum atomic E-state index is 13.0. The molecule has 27 heavy (non-hydrogen) atoms. The minimum atomic E-state index is -0.510. The number of thiazole rings is 1. The largest absolute Gasteiger partial charge is 1.00 e. The highest BCUT2D eigenvalue weighted by Gasteiger charge is 2.29. The third-order valence-electron chi connectivity index (χ3n) is 5.04. The third-order valence-corrected chi connectivity index (χ3v) is 6.04.